The number of carbonyl (C=O) groups excluding carboxylic acids is 1. The lowest BCUT2D eigenvalue weighted by atomic mass is 10.1. The minimum atomic E-state index is -0.472. The largest absolute Gasteiger partial charge is 0.444 e. The molecule has 0 aliphatic carbocycles. The van der Waals surface area contributed by atoms with Gasteiger partial charge in [0.05, 0.1) is 12.2 Å². The van der Waals surface area contributed by atoms with E-state index in [0.29, 0.717) is 19.0 Å². The molecule has 2 N–H and O–H groups in total. The van der Waals surface area contributed by atoms with Gasteiger partial charge >= 0.3 is 6.09 Å². The zero-order valence-corrected chi connectivity index (χ0v) is 11.4. The average molecular weight is 252 g/mol. The van der Waals surface area contributed by atoms with Crippen LogP contribution in [-0.2, 0) is 24.8 Å². The van der Waals surface area contributed by atoms with E-state index in [2.05, 4.69) is 4.98 Å². The molecule has 1 aromatic rings. The van der Waals surface area contributed by atoms with Crippen molar-refractivity contribution in [3.8, 4) is 0 Å². The van der Waals surface area contributed by atoms with Crippen molar-refractivity contribution in [2.75, 3.05) is 12.3 Å². The summed E-state index contributed by atoms with van der Waals surface area (Å²) in [6.45, 7) is 6.69. The molecule has 1 aliphatic rings. The van der Waals surface area contributed by atoms with E-state index in [1.165, 1.54) is 0 Å². The van der Waals surface area contributed by atoms with Crippen molar-refractivity contribution in [1.82, 2.24) is 14.5 Å². The fourth-order valence-corrected chi connectivity index (χ4v) is 2.03. The van der Waals surface area contributed by atoms with Crippen molar-refractivity contribution < 1.29 is 9.53 Å². The number of anilines is 1. The molecule has 6 nitrogen and oxygen atoms in total. The van der Waals surface area contributed by atoms with Gasteiger partial charge in [-0.05, 0) is 20.8 Å². The van der Waals surface area contributed by atoms with Crippen molar-refractivity contribution in [2.24, 2.45) is 7.05 Å². The Morgan fingerprint density at radius 1 is 1.44 bits per heavy atom. The van der Waals surface area contributed by atoms with E-state index in [1.807, 2.05) is 32.4 Å². The predicted octanol–water partition coefficient (Wildman–Crippen LogP) is 1.30. The molecule has 0 atom stereocenters. The molecule has 18 heavy (non-hydrogen) atoms. The molecule has 0 aromatic carbocycles. The first-order chi connectivity index (χ1) is 8.28. The first-order valence-corrected chi connectivity index (χ1v) is 6.06. The molecule has 1 amide bonds. The van der Waals surface area contributed by atoms with E-state index in [1.54, 1.807) is 4.90 Å². The molecule has 6 heteroatoms. The third kappa shape index (κ3) is 2.42. The molecular formula is C12H20N4O2. The van der Waals surface area contributed by atoms with Crippen LogP contribution in [0.5, 0.6) is 0 Å². The van der Waals surface area contributed by atoms with E-state index in [0.717, 1.165) is 17.8 Å². The SMILES string of the molecule is Cn1c(N)nc2c1CCN(C(=O)OC(C)(C)C)C2. The third-order valence-corrected chi connectivity index (χ3v) is 2.94. The first-order valence-electron chi connectivity index (χ1n) is 6.06. The van der Waals surface area contributed by atoms with Crippen LogP contribution in [0, 0.1) is 0 Å². The number of rotatable bonds is 0. The maximum Gasteiger partial charge on any atom is 0.410 e. The second-order valence-corrected chi connectivity index (χ2v) is 5.57. The Labute approximate surface area is 107 Å². The summed E-state index contributed by atoms with van der Waals surface area (Å²) in [7, 11) is 1.89. The van der Waals surface area contributed by atoms with Gasteiger partial charge in [0.2, 0.25) is 0 Å². The Balaban J connectivity index is 2.10. The molecule has 0 bridgehead atoms. The average Bonchev–Trinajstić information content (AvgIpc) is 2.52. The van der Waals surface area contributed by atoms with Crippen LogP contribution in [-0.4, -0.2) is 32.7 Å². The molecule has 2 heterocycles. The number of hydrogen-bond donors (Lipinski definition) is 1. The molecule has 0 radical (unpaired) electrons. The number of fused-ring (bicyclic) bond motifs is 1. The van der Waals surface area contributed by atoms with E-state index in [4.69, 9.17) is 10.5 Å². The molecule has 2 rings (SSSR count). The van der Waals surface area contributed by atoms with Gasteiger partial charge in [-0.3, -0.25) is 0 Å². The number of ether oxygens (including phenoxy) is 1. The maximum absolute atomic E-state index is 12.0. The summed E-state index contributed by atoms with van der Waals surface area (Å²) < 4.78 is 7.23. The molecule has 0 unspecified atom stereocenters. The number of nitrogen functional groups attached to an aromatic ring is 1. The lowest BCUT2D eigenvalue weighted by molar-refractivity contribution is 0.0220. The van der Waals surface area contributed by atoms with Gasteiger partial charge in [0.25, 0.3) is 0 Å². The van der Waals surface area contributed by atoms with Crippen LogP contribution in [0.25, 0.3) is 0 Å². The third-order valence-electron chi connectivity index (χ3n) is 2.94. The topological polar surface area (TPSA) is 73.4 Å². The summed E-state index contributed by atoms with van der Waals surface area (Å²) in [4.78, 5) is 17.9. The van der Waals surface area contributed by atoms with Gasteiger partial charge in [0.1, 0.15) is 5.60 Å². The predicted molar refractivity (Wildman–Crippen MR) is 68.0 cm³/mol. The van der Waals surface area contributed by atoms with Gasteiger partial charge < -0.3 is 19.9 Å². The molecule has 0 spiro atoms. The lowest BCUT2D eigenvalue weighted by Crippen LogP contribution is -2.40. The Morgan fingerprint density at radius 3 is 2.72 bits per heavy atom. The fourth-order valence-electron chi connectivity index (χ4n) is 2.03. The highest BCUT2D eigenvalue weighted by Crippen LogP contribution is 2.21. The second kappa shape index (κ2) is 4.19. The van der Waals surface area contributed by atoms with Crippen molar-refractivity contribution in [2.45, 2.75) is 39.3 Å². The summed E-state index contributed by atoms with van der Waals surface area (Å²) in [5.41, 5.74) is 7.26. The zero-order valence-electron chi connectivity index (χ0n) is 11.4. The number of carbonyl (C=O) groups is 1. The number of nitrogens with two attached hydrogens (primary N) is 1. The molecule has 0 saturated heterocycles. The van der Waals surface area contributed by atoms with Crippen LogP contribution < -0.4 is 5.73 Å². The molecule has 1 aliphatic heterocycles. The summed E-state index contributed by atoms with van der Waals surface area (Å²) in [5, 5.41) is 0. The highest BCUT2D eigenvalue weighted by Gasteiger charge is 2.28. The number of amides is 1. The van der Waals surface area contributed by atoms with Gasteiger partial charge in [-0.1, -0.05) is 0 Å². The van der Waals surface area contributed by atoms with E-state index < -0.39 is 5.60 Å². The lowest BCUT2D eigenvalue weighted by Gasteiger charge is -2.29. The Kier molecular flexibility index (Phi) is 2.96. The van der Waals surface area contributed by atoms with E-state index in [9.17, 15) is 4.79 Å². The van der Waals surface area contributed by atoms with Crippen LogP contribution in [0.1, 0.15) is 32.2 Å². The minimum Gasteiger partial charge on any atom is -0.444 e. The molecule has 0 saturated carbocycles. The van der Waals surface area contributed by atoms with Crippen molar-refractivity contribution >= 4 is 12.0 Å². The Morgan fingerprint density at radius 2 is 2.11 bits per heavy atom. The zero-order chi connectivity index (χ0) is 13.5. The summed E-state index contributed by atoms with van der Waals surface area (Å²) in [5.74, 6) is 0.492. The van der Waals surface area contributed by atoms with Crippen molar-refractivity contribution in [3.05, 3.63) is 11.4 Å². The van der Waals surface area contributed by atoms with E-state index in [-0.39, 0.29) is 6.09 Å². The molecule has 100 valence electrons. The van der Waals surface area contributed by atoms with Crippen LogP contribution in [0.4, 0.5) is 10.7 Å². The number of imidazole rings is 1. The van der Waals surface area contributed by atoms with Gasteiger partial charge in [-0.15, -0.1) is 0 Å². The quantitative estimate of drug-likeness (QED) is 0.755. The number of aromatic nitrogens is 2. The summed E-state index contributed by atoms with van der Waals surface area (Å²) in [6, 6.07) is 0. The molecule has 0 fully saturated rings. The Bertz CT molecular complexity index is 473. The summed E-state index contributed by atoms with van der Waals surface area (Å²) in [6.07, 6.45) is 0.465. The second-order valence-electron chi connectivity index (χ2n) is 5.57. The maximum atomic E-state index is 12.0. The van der Waals surface area contributed by atoms with E-state index >= 15 is 0 Å². The molecule has 1 aromatic heterocycles. The van der Waals surface area contributed by atoms with Gasteiger partial charge in [0, 0.05) is 25.7 Å². The monoisotopic (exact) mass is 252 g/mol. The van der Waals surface area contributed by atoms with Crippen molar-refractivity contribution in [3.63, 3.8) is 0 Å². The van der Waals surface area contributed by atoms with Crippen LogP contribution in [0.2, 0.25) is 0 Å². The van der Waals surface area contributed by atoms with Crippen LogP contribution in [0.15, 0.2) is 0 Å². The molecular weight excluding hydrogens is 232 g/mol. The number of nitrogens with zero attached hydrogens (tertiary/aromatic N) is 3. The van der Waals surface area contributed by atoms with Crippen molar-refractivity contribution in [1.29, 1.82) is 0 Å². The van der Waals surface area contributed by atoms with Crippen LogP contribution in [0.3, 0.4) is 0 Å². The van der Waals surface area contributed by atoms with Crippen LogP contribution >= 0.6 is 0 Å². The minimum absolute atomic E-state index is 0.294. The van der Waals surface area contributed by atoms with Gasteiger partial charge in [-0.2, -0.15) is 0 Å². The number of hydrogen-bond acceptors (Lipinski definition) is 4. The summed E-state index contributed by atoms with van der Waals surface area (Å²) >= 11 is 0. The van der Waals surface area contributed by atoms with Gasteiger partial charge in [-0.25, -0.2) is 9.78 Å². The first kappa shape index (κ1) is 12.7. The highest BCUT2D eigenvalue weighted by atomic mass is 16.6. The Hall–Kier alpha value is -1.72. The fraction of sp³-hybridized carbons (Fsp3) is 0.667. The smallest absolute Gasteiger partial charge is 0.410 e. The highest BCUT2D eigenvalue weighted by molar-refractivity contribution is 5.68. The normalized spacial score (nSPS) is 15.4. The van der Waals surface area contributed by atoms with Gasteiger partial charge in [0.15, 0.2) is 5.95 Å². The standard InChI is InChI=1S/C12H20N4O2/c1-12(2,3)18-11(17)16-6-5-9-8(7-16)14-10(13)15(9)4/h5-7H2,1-4H3,(H2,13,14).